The van der Waals surface area contributed by atoms with Gasteiger partial charge in [-0.15, -0.1) is 11.3 Å². The highest BCUT2D eigenvalue weighted by atomic mass is 32.2. The van der Waals surface area contributed by atoms with Crippen molar-refractivity contribution >= 4 is 26.9 Å². The Kier molecular flexibility index (Phi) is 4.12. The Morgan fingerprint density at radius 1 is 1.53 bits per heavy atom. The fraction of sp³-hybridized carbons (Fsp3) is 0.556. The molecule has 1 aromatic rings. The third kappa shape index (κ3) is 2.50. The fourth-order valence-corrected chi connectivity index (χ4v) is 4.23. The molecule has 6 heteroatoms. The average Bonchev–Trinajstić information content (AvgIpc) is 2.60. The Morgan fingerprint density at radius 2 is 2.20 bits per heavy atom. The lowest BCUT2D eigenvalue weighted by atomic mass is 10.4. The SMILES string of the molecule is CCCS(=O)(=O)c1csc(CO)c1NC. The van der Waals surface area contributed by atoms with Gasteiger partial charge in [0.2, 0.25) is 0 Å². The van der Waals surface area contributed by atoms with Crippen LogP contribution in [-0.4, -0.2) is 26.3 Å². The minimum atomic E-state index is -3.21. The van der Waals surface area contributed by atoms with Gasteiger partial charge in [0.1, 0.15) is 4.90 Å². The Balaban J connectivity index is 3.20. The van der Waals surface area contributed by atoms with Crippen LogP contribution in [0.3, 0.4) is 0 Å². The number of anilines is 1. The van der Waals surface area contributed by atoms with Crippen molar-refractivity contribution in [2.24, 2.45) is 0 Å². The van der Waals surface area contributed by atoms with Crippen LogP contribution < -0.4 is 5.32 Å². The molecule has 15 heavy (non-hydrogen) atoms. The molecular weight excluding hydrogens is 234 g/mol. The minimum Gasteiger partial charge on any atom is -0.391 e. The van der Waals surface area contributed by atoms with E-state index in [1.165, 1.54) is 11.3 Å². The van der Waals surface area contributed by atoms with E-state index >= 15 is 0 Å². The third-order valence-electron chi connectivity index (χ3n) is 2.03. The van der Waals surface area contributed by atoms with E-state index in [0.29, 0.717) is 21.9 Å². The van der Waals surface area contributed by atoms with Gasteiger partial charge in [0.05, 0.1) is 22.9 Å². The van der Waals surface area contributed by atoms with Gasteiger partial charge in [-0.25, -0.2) is 8.42 Å². The Hall–Kier alpha value is -0.590. The van der Waals surface area contributed by atoms with E-state index in [0.717, 1.165) is 0 Å². The second kappa shape index (κ2) is 4.96. The standard InChI is InChI=1S/C9H15NO3S2/c1-3-4-15(12,13)8-6-14-7(5-11)9(8)10-2/h6,10-11H,3-5H2,1-2H3. The molecule has 1 aromatic heterocycles. The van der Waals surface area contributed by atoms with Crippen LogP contribution in [0.15, 0.2) is 10.3 Å². The number of nitrogens with one attached hydrogen (secondary N) is 1. The van der Waals surface area contributed by atoms with E-state index in [1.807, 2.05) is 6.92 Å². The zero-order valence-corrected chi connectivity index (χ0v) is 10.4. The van der Waals surface area contributed by atoms with E-state index in [4.69, 9.17) is 5.11 Å². The average molecular weight is 249 g/mol. The second-order valence-corrected chi connectivity index (χ2v) is 6.17. The number of hydrogen-bond acceptors (Lipinski definition) is 5. The molecule has 0 unspecified atom stereocenters. The molecule has 0 radical (unpaired) electrons. The van der Waals surface area contributed by atoms with Crippen molar-refractivity contribution in [1.82, 2.24) is 0 Å². The van der Waals surface area contributed by atoms with E-state index in [1.54, 1.807) is 12.4 Å². The largest absolute Gasteiger partial charge is 0.391 e. The van der Waals surface area contributed by atoms with Crippen LogP contribution in [0.2, 0.25) is 0 Å². The van der Waals surface area contributed by atoms with Crippen molar-refractivity contribution in [2.45, 2.75) is 24.8 Å². The van der Waals surface area contributed by atoms with Crippen molar-refractivity contribution < 1.29 is 13.5 Å². The van der Waals surface area contributed by atoms with Crippen molar-refractivity contribution in [1.29, 1.82) is 0 Å². The predicted octanol–water partition coefficient (Wildman–Crippen LogP) is 1.47. The first-order valence-corrected chi connectivity index (χ1v) is 7.21. The Labute approximate surface area is 93.9 Å². The highest BCUT2D eigenvalue weighted by Gasteiger charge is 2.21. The molecule has 0 fully saturated rings. The minimum absolute atomic E-state index is 0.136. The van der Waals surface area contributed by atoms with Crippen LogP contribution in [0.5, 0.6) is 0 Å². The maximum absolute atomic E-state index is 11.8. The number of thiophene rings is 1. The Bertz CT molecular complexity index is 423. The van der Waals surface area contributed by atoms with Gasteiger partial charge < -0.3 is 10.4 Å². The topological polar surface area (TPSA) is 66.4 Å². The number of aliphatic hydroxyl groups excluding tert-OH is 1. The molecule has 0 saturated heterocycles. The van der Waals surface area contributed by atoms with Gasteiger partial charge in [0, 0.05) is 12.4 Å². The van der Waals surface area contributed by atoms with E-state index < -0.39 is 9.84 Å². The van der Waals surface area contributed by atoms with Crippen molar-refractivity contribution in [3.8, 4) is 0 Å². The first-order valence-electron chi connectivity index (χ1n) is 4.68. The molecular formula is C9H15NO3S2. The summed E-state index contributed by atoms with van der Waals surface area (Å²) in [6.07, 6.45) is 0.593. The maximum Gasteiger partial charge on any atom is 0.181 e. The summed E-state index contributed by atoms with van der Waals surface area (Å²) >= 11 is 1.26. The lowest BCUT2D eigenvalue weighted by molar-refractivity contribution is 0.286. The van der Waals surface area contributed by atoms with Gasteiger partial charge in [-0.3, -0.25) is 0 Å². The molecule has 0 aliphatic carbocycles. The normalized spacial score (nSPS) is 11.7. The highest BCUT2D eigenvalue weighted by Crippen LogP contribution is 2.32. The fourth-order valence-electron chi connectivity index (χ4n) is 1.37. The quantitative estimate of drug-likeness (QED) is 0.829. The van der Waals surface area contributed by atoms with Crippen molar-refractivity contribution in [3.63, 3.8) is 0 Å². The van der Waals surface area contributed by atoms with Crippen LogP contribution in [0, 0.1) is 0 Å². The van der Waals surface area contributed by atoms with E-state index in [2.05, 4.69) is 5.32 Å². The van der Waals surface area contributed by atoms with Crippen LogP contribution in [0.25, 0.3) is 0 Å². The number of hydrogen-bond donors (Lipinski definition) is 2. The summed E-state index contributed by atoms with van der Waals surface area (Å²) in [6, 6.07) is 0. The summed E-state index contributed by atoms with van der Waals surface area (Å²) in [5.74, 6) is 0.142. The van der Waals surface area contributed by atoms with Crippen LogP contribution in [0.1, 0.15) is 18.2 Å². The van der Waals surface area contributed by atoms with Gasteiger partial charge in [0.15, 0.2) is 9.84 Å². The Morgan fingerprint density at radius 3 is 2.67 bits per heavy atom. The molecule has 0 atom stereocenters. The predicted molar refractivity (Wildman–Crippen MR) is 62.1 cm³/mol. The first-order chi connectivity index (χ1) is 7.06. The molecule has 0 aromatic carbocycles. The summed E-state index contributed by atoms with van der Waals surface area (Å²) < 4.78 is 23.7. The summed E-state index contributed by atoms with van der Waals surface area (Å²) in [5.41, 5.74) is 0.538. The molecule has 0 spiro atoms. The van der Waals surface area contributed by atoms with E-state index in [-0.39, 0.29) is 12.4 Å². The maximum atomic E-state index is 11.8. The third-order valence-corrected chi connectivity index (χ3v) is 5.09. The van der Waals surface area contributed by atoms with Crippen molar-refractivity contribution in [3.05, 3.63) is 10.3 Å². The molecule has 1 heterocycles. The summed E-state index contributed by atoms with van der Waals surface area (Å²) in [5, 5.41) is 13.5. The number of sulfone groups is 1. The van der Waals surface area contributed by atoms with Crippen molar-refractivity contribution in [2.75, 3.05) is 18.1 Å². The number of aliphatic hydroxyl groups is 1. The van der Waals surface area contributed by atoms with Crippen LogP contribution >= 0.6 is 11.3 Å². The highest BCUT2D eigenvalue weighted by molar-refractivity contribution is 7.91. The molecule has 86 valence electrons. The molecule has 0 amide bonds. The van der Waals surface area contributed by atoms with Gasteiger partial charge in [-0.1, -0.05) is 6.92 Å². The van der Waals surface area contributed by atoms with Gasteiger partial charge in [-0.05, 0) is 6.42 Å². The monoisotopic (exact) mass is 249 g/mol. The van der Waals surface area contributed by atoms with Crippen LogP contribution in [-0.2, 0) is 16.4 Å². The summed E-state index contributed by atoms with van der Waals surface area (Å²) in [6.45, 7) is 1.69. The van der Waals surface area contributed by atoms with E-state index in [9.17, 15) is 8.42 Å². The first kappa shape index (κ1) is 12.5. The molecule has 0 aliphatic rings. The summed E-state index contributed by atoms with van der Waals surface area (Å²) in [7, 11) is -1.55. The smallest absolute Gasteiger partial charge is 0.181 e. The zero-order chi connectivity index (χ0) is 11.5. The zero-order valence-electron chi connectivity index (χ0n) is 8.78. The molecule has 1 rings (SSSR count). The van der Waals surface area contributed by atoms with Crippen LogP contribution in [0.4, 0.5) is 5.69 Å². The van der Waals surface area contributed by atoms with Gasteiger partial charge in [-0.2, -0.15) is 0 Å². The van der Waals surface area contributed by atoms with Gasteiger partial charge in [0.25, 0.3) is 0 Å². The number of rotatable bonds is 5. The summed E-state index contributed by atoms with van der Waals surface area (Å²) in [4.78, 5) is 0.966. The molecule has 0 saturated carbocycles. The second-order valence-electron chi connectivity index (χ2n) is 3.13. The molecule has 2 N–H and O–H groups in total. The molecule has 4 nitrogen and oxygen atoms in total. The lowest BCUT2D eigenvalue weighted by Gasteiger charge is -2.05. The molecule has 0 aliphatic heterocycles. The van der Waals surface area contributed by atoms with Gasteiger partial charge >= 0.3 is 0 Å². The molecule has 0 bridgehead atoms. The lowest BCUT2D eigenvalue weighted by Crippen LogP contribution is -2.07.